The lowest BCUT2D eigenvalue weighted by molar-refractivity contribution is -0.185. The van der Waals surface area contributed by atoms with Gasteiger partial charge in [-0.1, -0.05) is 0 Å². The molecule has 0 aromatic heterocycles. The summed E-state index contributed by atoms with van der Waals surface area (Å²) in [6.45, 7) is 1.73. The third-order valence-corrected chi connectivity index (χ3v) is 8.06. The van der Waals surface area contributed by atoms with Crippen LogP contribution in [0.25, 0.3) is 0 Å². The van der Waals surface area contributed by atoms with E-state index in [1.54, 1.807) is 6.92 Å². The molecule has 11 unspecified atom stereocenters. The van der Waals surface area contributed by atoms with Crippen LogP contribution in [-0.4, -0.2) is 67.3 Å². The molecule has 5 rings (SSSR count). The molecular formula is C17H26O6. The second kappa shape index (κ2) is 4.11. The van der Waals surface area contributed by atoms with Gasteiger partial charge in [-0.25, -0.2) is 0 Å². The van der Waals surface area contributed by atoms with Crippen molar-refractivity contribution in [2.24, 2.45) is 23.2 Å². The first-order valence-electron chi connectivity index (χ1n) is 8.86. The quantitative estimate of drug-likeness (QED) is 0.371. The molecule has 1 heterocycles. The van der Waals surface area contributed by atoms with E-state index in [9.17, 15) is 25.5 Å². The highest BCUT2D eigenvalue weighted by Gasteiger charge is 2.76. The van der Waals surface area contributed by atoms with Crippen LogP contribution in [0.1, 0.15) is 39.0 Å². The van der Waals surface area contributed by atoms with Gasteiger partial charge in [-0.3, -0.25) is 0 Å². The van der Waals surface area contributed by atoms with Gasteiger partial charge in [0.2, 0.25) is 0 Å². The first kappa shape index (κ1) is 15.0. The second-order valence-corrected chi connectivity index (χ2v) is 9.00. The minimum atomic E-state index is -1.37. The number of hydrogen-bond acceptors (Lipinski definition) is 6. The topological polar surface area (TPSA) is 114 Å². The number of rotatable bonds is 0. The van der Waals surface area contributed by atoms with E-state index in [2.05, 4.69) is 0 Å². The van der Waals surface area contributed by atoms with Gasteiger partial charge >= 0.3 is 0 Å². The van der Waals surface area contributed by atoms with Crippen molar-refractivity contribution in [1.29, 1.82) is 0 Å². The Morgan fingerprint density at radius 3 is 2.48 bits per heavy atom. The van der Waals surface area contributed by atoms with Crippen LogP contribution in [0, 0.1) is 23.2 Å². The molecule has 23 heavy (non-hydrogen) atoms. The molecule has 0 amide bonds. The molecule has 1 aliphatic heterocycles. The van der Waals surface area contributed by atoms with Crippen molar-refractivity contribution in [3.05, 3.63) is 0 Å². The predicted octanol–water partition coefficient (Wildman–Crippen LogP) is -0.842. The number of ether oxygens (including phenoxy) is 1. The lowest BCUT2D eigenvalue weighted by Gasteiger charge is -2.51. The number of hydrogen-bond donors (Lipinski definition) is 5. The fourth-order valence-corrected chi connectivity index (χ4v) is 7.15. The van der Waals surface area contributed by atoms with E-state index < -0.39 is 40.8 Å². The molecule has 130 valence electrons. The summed E-state index contributed by atoms with van der Waals surface area (Å²) in [5.41, 5.74) is -3.33. The van der Waals surface area contributed by atoms with E-state index in [1.807, 2.05) is 0 Å². The van der Waals surface area contributed by atoms with Crippen LogP contribution in [0.15, 0.2) is 0 Å². The van der Waals surface area contributed by atoms with Gasteiger partial charge in [0.1, 0.15) is 5.60 Å². The molecule has 0 aromatic carbocycles. The summed E-state index contributed by atoms with van der Waals surface area (Å²) >= 11 is 0. The molecule has 1 saturated heterocycles. The van der Waals surface area contributed by atoms with E-state index in [1.165, 1.54) is 0 Å². The Bertz CT molecular complexity index is 551. The van der Waals surface area contributed by atoms with Crippen molar-refractivity contribution in [1.82, 2.24) is 0 Å². The summed E-state index contributed by atoms with van der Waals surface area (Å²) in [6, 6.07) is 0. The van der Waals surface area contributed by atoms with Crippen LogP contribution in [0.3, 0.4) is 0 Å². The normalized spacial score (nSPS) is 69.7. The SMILES string of the molecule is CC1(O)C2C3OC3CC2(O)C(O)CC23CC(O)C(CCC12)C3O. The molecule has 5 fully saturated rings. The van der Waals surface area contributed by atoms with E-state index in [0.717, 1.165) is 0 Å². The summed E-state index contributed by atoms with van der Waals surface area (Å²) in [5, 5.41) is 54.7. The fraction of sp³-hybridized carbons (Fsp3) is 1.00. The van der Waals surface area contributed by atoms with Crippen LogP contribution >= 0.6 is 0 Å². The number of aliphatic hydroxyl groups excluding tert-OH is 3. The van der Waals surface area contributed by atoms with Crippen molar-refractivity contribution in [3.63, 3.8) is 0 Å². The Balaban J connectivity index is 1.66. The van der Waals surface area contributed by atoms with Gasteiger partial charge in [0, 0.05) is 23.7 Å². The second-order valence-electron chi connectivity index (χ2n) is 9.00. The van der Waals surface area contributed by atoms with Gasteiger partial charge in [-0.2, -0.15) is 0 Å². The average molecular weight is 326 g/mol. The zero-order chi connectivity index (χ0) is 16.4. The Kier molecular flexibility index (Phi) is 2.69. The third kappa shape index (κ3) is 1.56. The third-order valence-electron chi connectivity index (χ3n) is 8.06. The summed E-state index contributed by atoms with van der Waals surface area (Å²) in [4.78, 5) is 0. The predicted molar refractivity (Wildman–Crippen MR) is 78.2 cm³/mol. The maximum atomic E-state index is 11.5. The standard InChI is InChI=1S/C17H26O6/c1-15(21)10-3-2-7-8(18)4-16(10,14(7)20)6-11(19)17(22)5-9-12(23-9)13(15)17/h7-14,18-22H,2-6H2,1H3. The molecule has 2 bridgehead atoms. The van der Waals surface area contributed by atoms with Crippen LogP contribution in [-0.2, 0) is 4.74 Å². The maximum absolute atomic E-state index is 11.5. The maximum Gasteiger partial charge on any atom is 0.101 e. The molecule has 4 aliphatic carbocycles. The Labute approximate surface area is 135 Å². The van der Waals surface area contributed by atoms with Crippen LogP contribution in [0.5, 0.6) is 0 Å². The molecular weight excluding hydrogens is 300 g/mol. The Morgan fingerprint density at radius 1 is 1.00 bits per heavy atom. The largest absolute Gasteiger partial charge is 0.393 e. The first-order chi connectivity index (χ1) is 10.7. The highest BCUT2D eigenvalue weighted by Crippen LogP contribution is 2.68. The van der Waals surface area contributed by atoms with Gasteiger partial charge in [0.25, 0.3) is 0 Å². The molecule has 11 atom stereocenters. The minimum absolute atomic E-state index is 0.0735. The van der Waals surface area contributed by atoms with E-state index in [0.29, 0.717) is 25.7 Å². The van der Waals surface area contributed by atoms with Crippen molar-refractivity contribution in [3.8, 4) is 0 Å². The van der Waals surface area contributed by atoms with E-state index >= 15 is 0 Å². The molecule has 1 spiro atoms. The molecule has 5 aliphatic rings. The van der Waals surface area contributed by atoms with Gasteiger partial charge in [0.15, 0.2) is 0 Å². The lowest BCUT2D eigenvalue weighted by atomic mass is 9.57. The highest BCUT2D eigenvalue weighted by atomic mass is 16.6. The average Bonchev–Trinajstić information content (AvgIpc) is 3.08. The Hall–Kier alpha value is -0.240. The highest BCUT2D eigenvalue weighted by molar-refractivity contribution is 5.25. The van der Waals surface area contributed by atoms with Crippen LogP contribution < -0.4 is 0 Å². The number of epoxide rings is 1. The van der Waals surface area contributed by atoms with E-state index in [4.69, 9.17) is 4.74 Å². The Morgan fingerprint density at radius 2 is 1.74 bits per heavy atom. The first-order valence-corrected chi connectivity index (χ1v) is 8.86. The number of aliphatic hydroxyl groups is 5. The van der Waals surface area contributed by atoms with E-state index in [-0.39, 0.29) is 30.5 Å². The summed E-state index contributed by atoms with van der Waals surface area (Å²) in [6.07, 6.45) is -0.320. The van der Waals surface area contributed by atoms with Crippen molar-refractivity contribution >= 4 is 0 Å². The molecule has 0 radical (unpaired) electrons. The molecule has 0 aromatic rings. The molecule has 6 nitrogen and oxygen atoms in total. The number of fused-ring (bicyclic) bond motifs is 4. The van der Waals surface area contributed by atoms with Gasteiger partial charge in [0.05, 0.1) is 36.1 Å². The van der Waals surface area contributed by atoms with Crippen LogP contribution in [0.4, 0.5) is 0 Å². The van der Waals surface area contributed by atoms with Crippen molar-refractivity contribution in [2.75, 3.05) is 0 Å². The smallest absolute Gasteiger partial charge is 0.101 e. The molecule has 6 heteroatoms. The zero-order valence-electron chi connectivity index (χ0n) is 13.3. The van der Waals surface area contributed by atoms with Gasteiger partial charge < -0.3 is 30.3 Å². The fourth-order valence-electron chi connectivity index (χ4n) is 7.15. The minimum Gasteiger partial charge on any atom is -0.393 e. The van der Waals surface area contributed by atoms with Gasteiger partial charge in [-0.15, -0.1) is 0 Å². The summed E-state index contributed by atoms with van der Waals surface area (Å²) in [7, 11) is 0. The van der Waals surface area contributed by atoms with Crippen molar-refractivity contribution < 1.29 is 30.3 Å². The van der Waals surface area contributed by atoms with Crippen molar-refractivity contribution in [2.45, 2.75) is 80.7 Å². The summed E-state index contributed by atoms with van der Waals surface area (Å²) < 4.78 is 5.59. The molecule has 4 saturated carbocycles. The zero-order valence-corrected chi connectivity index (χ0v) is 13.3. The lowest BCUT2D eigenvalue weighted by Crippen LogP contribution is -2.58. The van der Waals surface area contributed by atoms with Crippen LogP contribution in [0.2, 0.25) is 0 Å². The molecule has 5 N–H and O–H groups in total. The van der Waals surface area contributed by atoms with Gasteiger partial charge in [-0.05, 0) is 38.5 Å². The monoisotopic (exact) mass is 326 g/mol. The summed E-state index contributed by atoms with van der Waals surface area (Å²) in [5.74, 6) is -0.984.